The number of thioether (sulfide) groups is 1. The van der Waals surface area contributed by atoms with E-state index in [0.717, 1.165) is 38.5 Å². The van der Waals surface area contributed by atoms with Crippen LogP contribution < -0.4 is 16.8 Å². The molecule has 1 saturated carbocycles. The molecular weight excluding hydrogens is 464 g/mol. The van der Waals surface area contributed by atoms with Gasteiger partial charge >= 0.3 is 5.69 Å². The minimum Gasteiger partial charge on any atom is -0.322 e. The third-order valence-electron chi connectivity index (χ3n) is 6.81. The lowest BCUT2D eigenvalue weighted by atomic mass is 10.2. The van der Waals surface area contributed by atoms with Crippen LogP contribution in [0.5, 0.6) is 0 Å². The lowest BCUT2D eigenvalue weighted by Crippen LogP contribution is -2.31. The average molecular weight is 495 g/mol. The largest absolute Gasteiger partial charge is 0.330 e. The zero-order valence-electron chi connectivity index (χ0n) is 20.1. The molecular formula is C25H30N6O3S. The molecule has 10 heteroatoms. The standard InChI is InChI=1S/C25H30N6O3S/c1-3-5-14-30-21-20(22(32)28-24(30)34)29(4-2)19(27-21)15-35-25-26-18-13-9-8-12-17(18)23(33)31(25)16-10-6-7-11-16/h8-9,12-13,16H,3-7,10-11,14-15H2,1-2H3,(H,28,32,34). The van der Waals surface area contributed by atoms with Crippen molar-refractivity contribution in [1.29, 1.82) is 0 Å². The SMILES string of the molecule is CCCCn1c(=O)[nH]c(=O)c2c1nc(CSc1nc3ccccc3c(=O)n1C1CCCC1)n2CC. The molecule has 1 N–H and O–H groups in total. The Bertz CT molecular complexity index is 1560. The van der Waals surface area contributed by atoms with Crippen molar-refractivity contribution in [2.45, 2.75) is 82.4 Å². The van der Waals surface area contributed by atoms with Gasteiger partial charge in [-0.15, -0.1) is 0 Å². The van der Waals surface area contributed by atoms with Crippen LogP contribution in [0.25, 0.3) is 22.1 Å². The molecule has 0 atom stereocenters. The van der Waals surface area contributed by atoms with Crippen LogP contribution in [-0.2, 0) is 18.8 Å². The Kier molecular flexibility index (Phi) is 6.64. The van der Waals surface area contributed by atoms with Crippen LogP contribution in [-0.4, -0.2) is 28.7 Å². The molecule has 0 spiro atoms. The highest BCUT2D eigenvalue weighted by atomic mass is 32.2. The van der Waals surface area contributed by atoms with Crippen molar-refractivity contribution in [3.63, 3.8) is 0 Å². The van der Waals surface area contributed by atoms with Gasteiger partial charge in [-0.1, -0.05) is 50.1 Å². The van der Waals surface area contributed by atoms with E-state index in [0.29, 0.717) is 51.9 Å². The number of nitrogens with one attached hydrogen (secondary N) is 1. The first-order valence-corrected chi connectivity index (χ1v) is 13.4. The molecule has 1 aromatic carbocycles. The summed E-state index contributed by atoms with van der Waals surface area (Å²) in [5.41, 5.74) is 0.668. The van der Waals surface area contributed by atoms with Gasteiger partial charge < -0.3 is 4.57 Å². The third-order valence-corrected chi connectivity index (χ3v) is 7.76. The zero-order valence-corrected chi connectivity index (χ0v) is 20.9. The van der Waals surface area contributed by atoms with Gasteiger partial charge in [0.05, 0.1) is 16.7 Å². The van der Waals surface area contributed by atoms with Crippen molar-refractivity contribution in [2.75, 3.05) is 0 Å². The molecule has 0 saturated heterocycles. The molecule has 1 aliphatic rings. The highest BCUT2D eigenvalue weighted by Crippen LogP contribution is 2.33. The molecule has 0 radical (unpaired) electrons. The van der Waals surface area contributed by atoms with Crippen molar-refractivity contribution in [1.82, 2.24) is 28.7 Å². The summed E-state index contributed by atoms with van der Waals surface area (Å²) < 4.78 is 5.29. The number of unbranched alkanes of at least 4 members (excludes halogenated alkanes) is 1. The van der Waals surface area contributed by atoms with Crippen LogP contribution in [0, 0.1) is 0 Å². The molecule has 35 heavy (non-hydrogen) atoms. The first-order chi connectivity index (χ1) is 17.0. The van der Waals surface area contributed by atoms with Crippen molar-refractivity contribution < 1.29 is 0 Å². The Morgan fingerprint density at radius 3 is 2.57 bits per heavy atom. The minimum absolute atomic E-state index is 0.00107. The number of benzene rings is 1. The molecule has 0 aliphatic heterocycles. The maximum absolute atomic E-state index is 13.4. The molecule has 1 fully saturated rings. The number of fused-ring (bicyclic) bond motifs is 2. The van der Waals surface area contributed by atoms with E-state index in [9.17, 15) is 14.4 Å². The molecule has 4 aromatic rings. The molecule has 0 bridgehead atoms. The number of H-pyrrole nitrogens is 1. The predicted molar refractivity (Wildman–Crippen MR) is 138 cm³/mol. The summed E-state index contributed by atoms with van der Waals surface area (Å²) in [4.78, 5) is 50.7. The number of rotatable bonds is 8. The summed E-state index contributed by atoms with van der Waals surface area (Å²) in [7, 11) is 0. The van der Waals surface area contributed by atoms with Gasteiger partial charge in [-0.2, -0.15) is 0 Å². The fraction of sp³-hybridized carbons (Fsp3) is 0.480. The van der Waals surface area contributed by atoms with Crippen LogP contribution in [0.1, 0.15) is 64.2 Å². The minimum atomic E-state index is -0.429. The summed E-state index contributed by atoms with van der Waals surface area (Å²) in [5.74, 6) is 1.12. The van der Waals surface area contributed by atoms with E-state index in [2.05, 4.69) is 11.9 Å². The zero-order chi connectivity index (χ0) is 24.5. The molecule has 3 heterocycles. The summed E-state index contributed by atoms with van der Waals surface area (Å²) in [6, 6.07) is 7.61. The maximum atomic E-state index is 13.4. The highest BCUT2D eigenvalue weighted by Gasteiger charge is 2.24. The van der Waals surface area contributed by atoms with Gasteiger partial charge in [0, 0.05) is 19.1 Å². The van der Waals surface area contributed by atoms with E-state index in [-0.39, 0.29) is 11.6 Å². The Hall–Kier alpha value is -3.14. The van der Waals surface area contributed by atoms with Gasteiger partial charge in [0.2, 0.25) is 0 Å². The lowest BCUT2D eigenvalue weighted by Gasteiger charge is -2.18. The van der Waals surface area contributed by atoms with Gasteiger partial charge in [0.15, 0.2) is 16.3 Å². The molecule has 0 amide bonds. The Labute approximate surface area is 206 Å². The van der Waals surface area contributed by atoms with E-state index < -0.39 is 11.2 Å². The summed E-state index contributed by atoms with van der Waals surface area (Å²) in [6.07, 6.45) is 5.91. The van der Waals surface area contributed by atoms with Crippen LogP contribution in [0.3, 0.4) is 0 Å². The van der Waals surface area contributed by atoms with Gasteiger partial charge in [-0.25, -0.2) is 14.8 Å². The monoisotopic (exact) mass is 494 g/mol. The van der Waals surface area contributed by atoms with Crippen LogP contribution >= 0.6 is 11.8 Å². The van der Waals surface area contributed by atoms with E-state index in [1.54, 1.807) is 4.57 Å². The second-order valence-electron chi connectivity index (χ2n) is 9.02. The highest BCUT2D eigenvalue weighted by molar-refractivity contribution is 7.98. The molecule has 9 nitrogen and oxygen atoms in total. The Morgan fingerprint density at radius 2 is 1.83 bits per heavy atom. The molecule has 0 unspecified atom stereocenters. The van der Waals surface area contributed by atoms with Gasteiger partial charge in [0.1, 0.15) is 5.82 Å². The Balaban J connectivity index is 1.59. The molecule has 3 aromatic heterocycles. The van der Waals surface area contributed by atoms with Crippen LogP contribution in [0.2, 0.25) is 0 Å². The van der Waals surface area contributed by atoms with Gasteiger partial charge in [-0.3, -0.25) is 23.7 Å². The van der Waals surface area contributed by atoms with Gasteiger partial charge in [-0.05, 0) is 38.3 Å². The summed E-state index contributed by atoms with van der Waals surface area (Å²) in [5, 5.41) is 1.31. The normalized spacial score (nSPS) is 14.5. The van der Waals surface area contributed by atoms with Crippen molar-refractivity contribution in [3.05, 3.63) is 61.3 Å². The Morgan fingerprint density at radius 1 is 1.06 bits per heavy atom. The van der Waals surface area contributed by atoms with E-state index >= 15 is 0 Å². The lowest BCUT2D eigenvalue weighted by molar-refractivity contribution is 0.457. The van der Waals surface area contributed by atoms with Crippen molar-refractivity contribution >= 4 is 33.8 Å². The van der Waals surface area contributed by atoms with E-state index in [1.165, 1.54) is 11.8 Å². The number of hydrogen-bond donors (Lipinski definition) is 1. The van der Waals surface area contributed by atoms with Crippen LogP contribution in [0.4, 0.5) is 0 Å². The quantitative estimate of drug-likeness (QED) is 0.295. The second-order valence-corrected chi connectivity index (χ2v) is 9.97. The fourth-order valence-corrected chi connectivity index (χ4v) is 6.05. The molecule has 1 aliphatic carbocycles. The number of aryl methyl sites for hydroxylation is 2. The second kappa shape index (κ2) is 9.85. The average Bonchev–Trinajstić information content (AvgIpc) is 3.51. The topological polar surface area (TPSA) is 108 Å². The first kappa shape index (κ1) is 23.6. The predicted octanol–water partition coefficient (Wildman–Crippen LogP) is 3.82. The van der Waals surface area contributed by atoms with E-state index in [4.69, 9.17) is 9.97 Å². The fourth-order valence-electron chi connectivity index (χ4n) is 5.03. The van der Waals surface area contributed by atoms with Gasteiger partial charge in [0.25, 0.3) is 11.1 Å². The van der Waals surface area contributed by atoms with Crippen molar-refractivity contribution in [2.24, 2.45) is 0 Å². The first-order valence-electron chi connectivity index (χ1n) is 12.4. The number of nitrogens with zero attached hydrogens (tertiary/aromatic N) is 5. The van der Waals surface area contributed by atoms with Crippen LogP contribution in [0.15, 0.2) is 43.8 Å². The molecule has 184 valence electrons. The maximum Gasteiger partial charge on any atom is 0.330 e. The number of aromatic amines is 1. The number of hydrogen-bond acceptors (Lipinski definition) is 6. The number of aromatic nitrogens is 6. The third kappa shape index (κ3) is 4.24. The summed E-state index contributed by atoms with van der Waals surface area (Å²) in [6.45, 7) is 5.06. The van der Waals surface area contributed by atoms with Crippen molar-refractivity contribution in [3.8, 4) is 0 Å². The smallest absolute Gasteiger partial charge is 0.322 e. The molecule has 5 rings (SSSR count). The van der Waals surface area contributed by atoms with E-state index in [1.807, 2.05) is 40.3 Å². The number of imidazole rings is 1. The number of para-hydroxylation sites is 1. The summed E-state index contributed by atoms with van der Waals surface area (Å²) >= 11 is 1.46.